The Morgan fingerprint density at radius 1 is 0.833 bits per heavy atom. The van der Waals surface area contributed by atoms with Crippen LogP contribution in [0.4, 0.5) is 0 Å². The van der Waals surface area contributed by atoms with Crippen LogP contribution in [-0.4, -0.2) is 74.4 Å². The van der Waals surface area contributed by atoms with Crippen LogP contribution < -0.4 is 11.5 Å². The molecule has 0 fully saturated rings. The summed E-state index contributed by atoms with van der Waals surface area (Å²) in [6, 6.07) is 0. The van der Waals surface area contributed by atoms with Gasteiger partial charge in [0.25, 0.3) is 0 Å². The molecule has 0 rings (SSSR count). The van der Waals surface area contributed by atoms with Crippen LogP contribution in [0, 0.1) is 0 Å². The van der Waals surface area contributed by atoms with Gasteiger partial charge in [-0.25, -0.2) is 16.8 Å². The zero-order valence-corrected chi connectivity index (χ0v) is 14.3. The Labute approximate surface area is 117 Å². The molecule has 0 aromatic heterocycles. The molecule has 8 N–H and O–H groups in total. The Morgan fingerprint density at radius 3 is 1.11 bits per heavy atom. The molecule has 10 nitrogen and oxygen atoms in total. The molecule has 0 aromatic carbocycles. The topological polar surface area (TPSA) is 210 Å². The van der Waals surface area contributed by atoms with Crippen molar-refractivity contribution in [1.29, 1.82) is 0 Å². The Bertz CT molecular complexity index is 305. The standard InChI is InChI=1S/C4H12N2Se2.2H2O4S/c5-1-3-7-8-4-2-6;2*1-5(2,3)4/h1-6H2;2*(H2,1,2,3,4). The van der Waals surface area contributed by atoms with Gasteiger partial charge in [0.2, 0.25) is 20.8 Å². The molecule has 0 atom stereocenters. The van der Waals surface area contributed by atoms with Crippen molar-refractivity contribution in [3.8, 4) is 0 Å². The molecule has 0 radical (unpaired) electrons. The van der Waals surface area contributed by atoms with Gasteiger partial charge in [-0.1, -0.05) is 0 Å². The average molecular weight is 442 g/mol. The van der Waals surface area contributed by atoms with E-state index in [4.69, 9.17) is 35.0 Å². The maximum atomic E-state index is 8.63. The van der Waals surface area contributed by atoms with Crippen molar-refractivity contribution in [1.82, 2.24) is 0 Å². The van der Waals surface area contributed by atoms with E-state index in [9.17, 15) is 0 Å². The zero-order chi connectivity index (χ0) is 15.2. The van der Waals surface area contributed by atoms with Crippen molar-refractivity contribution in [2.45, 2.75) is 10.6 Å². The van der Waals surface area contributed by atoms with Crippen LogP contribution in [0.3, 0.4) is 0 Å². The van der Waals surface area contributed by atoms with Gasteiger partial charge in [-0.05, 0) is 0 Å². The van der Waals surface area contributed by atoms with Crippen LogP contribution in [0.5, 0.6) is 0 Å². The number of hydrogen-bond donors (Lipinski definition) is 4. The molecule has 0 aliphatic heterocycles. The Kier molecular flexibility index (Phi) is 18.6. The van der Waals surface area contributed by atoms with Gasteiger partial charge in [0.15, 0.2) is 0 Å². The number of quaternary nitrogens is 2. The van der Waals surface area contributed by atoms with Gasteiger partial charge in [-0.15, -0.1) is 0 Å². The fourth-order valence-electron chi connectivity index (χ4n) is 0.236. The maximum absolute atomic E-state index is 8.63. The third-order valence-corrected chi connectivity index (χ3v) is 8.25. The van der Waals surface area contributed by atoms with E-state index in [1.165, 1.54) is 10.6 Å². The van der Waals surface area contributed by atoms with E-state index >= 15 is 0 Å². The Morgan fingerprint density at radius 2 is 1.00 bits per heavy atom. The molecule has 0 saturated carbocycles. The predicted octanol–water partition coefficient (Wildman–Crippen LogP) is -4.36. The predicted molar refractivity (Wildman–Crippen MR) is 61.3 cm³/mol. The van der Waals surface area contributed by atoms with Gasteiger partial charge >= 0.3 is 61.5 Å². The third-order valence-electron chi connectivity index (χ3n) is 0.539. The quantitative estimate of drug-likeness (QED) is 0.141. The van der Waals surface area contributed by atoms with Crippen LogP contribution >= 0.6 is 0 Å². The summed E-state index contributed by atoms with van der Waals surface area (Å²) >= 11 is 1.87. The monoisotopic (exact) mass is 444 g/mol. The summed E-state index contributed by atoms with van der Waals surface area (Å²) in [5.74, 6) is 0. The fraction of sp³-hybridized carbons (Fsp3) is 1.00. The van der Waals surface area contributed by atoms with Crippen LogP contribution in [0.1, 0.15) is 0 Å². The number of hydrogen-bond acceptors (Lipinski definition) is 6. The normalized spacial score (nSPS) is 10.8. The van der Waals surface area contributed by atoms with E-state index in [0.717, 1.165) is 39.4 Å². The van der Waals surface area contributed by atoms with E-state index < -0.39 is 20.8 Å². The van der Waals surface area contributed by atoms with Gasteiger partial charge in [-0.2, -0.15) is 0 Å². The van der Waals surface area contributed by atoms with Crippen LogP contribution in [0.2, 0.25) is 10.6 Å². The fourth-order valence-corrected chi connectivity index (χ4v) is 6.36. The van der Waals surface area contributed by atoms with Crippen molar-refractivity contribution in [3.63, 3.8) is 0 Å². The van der Waals surface area contributed by atoms with Crippen molar-refractivity contribution in [2.75, 3.05) is 13.1 Å². The minimum atomic E-state index is -4.92. The molecular formula is C4H16N2O8S2Se2. The van der Waals surface area contributed by atoms with Gasteiger partial charge in [0.1, 0.15) is 0 Å². The van der Waals surface area contributed by atoms with E-state index in [1.807, 2.05) is 0 Å². The molecule has 114 valence electrons. The Hall–Kier alpha value is 0.699. The summed E-state index contributed by atoms with van der Waals surface area (Å²) in [5.41, 5.74) is 7.59. The first-order valence-corrected chi connectivity index (χ1v) is 13.6. The SMILES string of the molecule is O=S(=O)([O-])O.O=S(=O)([O-])O.[NH3+]CC[Se][Se]CC[NH3+]. The molecule has 0 bridgehead atoms. The van der Waals surface area contributed by atoms with Crippen molar-refractivity contribution < 1.29 is 46.5 Å². The molecule has 0 aliphatic carbocycles. The van der Waals surface area contributed by atoms with Crippen LogP contribution in [-0.2, 0) is 20.8 Å². The second kappa shape index (κ2) is 14.1. The van der Waals surface area contributed by atoms with Crippen molar-refractivity contribution in [3.05, 3.63) is 0 Å². The van der Waals surface area contributed by atoms with E-state index in [0.29, 0.717) is 0 Å². The second-order valence-electron chi connectivity index (χ2n) is 2.21. The summed E-state index contributed by atoms with van der Waals surface area (Å²) in [4.78, 5) is 0. The molecule has 18 heavy (non-hydrogen) atoms. The molecule has 0 spiro atoms. The molecule has 0 aliphatic rings. The third kappa shape index (κ3) is 127. The number of rotatable bonds is 5. The summed E-state index contributed by atoms with van der Waals surface area (Å²) in [6.45, 7) is 2.28. The van der Waals surface area contributed by atoms with E-state index in [-0.39, 0.29) is 0 Å². The first kappa shape index (κ1) is 23.8. The van der Waals surface area contributed by atoms with E-state index in [2.05, 4.69) is 11.5 Å². The minimum absolute atomic E-state index is 0.937. The molecule has 0 heterocycles. The summed E-state index contributed by atoms with van der Waals surface area (Å²) in [6.07, 6.45) is 0. The average Bonchev–Trinajstić information content (AvgIpc) is 2.07. The van der Waals surface area contributed by atoms with Gasteiger partial charge in [0.05, 0.1) is 0 Å². The molecule has 0 aromatic rings. The molecule has 14 heteroatoms. The van der Waals surface area contributed by atoms with Crippen LogP contribution in [0.25, 0.3) is 0 Å². The molecule has 0 amide bonds. The summed E-state index contributed by atoms with van der Waals surface area (Å²) in [5, 5.41) is 2.76. The van der Waals surface area contributed by atoms with E-state index in [1.54, 1.807) is 0 Å². The first-order valence-electron chi connectivity index (χ1n) is 4.11. The first-order chi connectivity index (χ1) is 7.91. The van der Waals surface area contributed by atoms with Crippen LogP contribution in [0.15, 0.2) is 0 Å². The molecule has 0 unspecified atom stereocenters. The molecular weight excluding hydrogens is 426 g/mol. The van der Waals surface area contributed by atoms with Gasteiger partial charge < -0.3 is 9.11 Å². The summed E-state index contributed by atoms with van der Waals surface area (Å²) < 4.78 is 65.7. The summed E-state index contributed by atoms with van der Waals surface area (Å²) in [7, 11) is -9.83. The van der Waals surface area contributed by atoms with Gasteiger partial charge in [-0.3, -0.25) is 9.11 Å². The van der Waals surface area contributed by atoms with Gasteiger partial charge in [0, 0.05) is 0 Å². The van der Waals surface area contributed by atoms with Crippen molar-refractivity contribution in [2.24, 2.45) is 0 Å². The van der Waals surface area contributed by atoms with Crippen molar-refractivity contribution >= 4 is 47.1 Å². The second-order valence-corrected chi connectivity index (χ2v) is 11.8. The zero-order valence-electron chi connectivity index (χ0n) is 9.22. The Balaban J connectivity index is -0.000000197. The molecule has 0 saturated heterocycles.